The van der Waals surface area contributed by atoms with Crippen LogP contribution in [0.2, 0.25) is 5.02 Å². The van der Waals surface area contributed by atoms with Gasteiger partial charge in [-0.1, -0.05) is 43.6 Å². The Morgan fingerprint density at radius 2 is 2.07 bits per heavy atom. The highest BCUT2D eigenvalue weighted by atomic mass is 35.5. The van der Waals surface area contributed by atoms with Crippen LogP contribution in [0.1, 0.15) is 43.9 Å². The molecule has 0 aliphatic carbocycles. The summed E-state index contributed by atoms with van der Waals surface area (Å²) in [6.07, 6.45) is 2.23. The van der Waals surface area contributed by atoms with Crippen molar-refractivity contribution in [1.82, 2.24) is 5.32 Å². The third-order valence-electron chi connectivity index (χ3n) is 2.65. The maximum absolute atomic E-state index is 6.31. The van der Waals surface area contributed by atoms with E-state index < -0.39 is 0 Å². The molecule has 0 spiro atoms. The van der Waals surface area contributed by atoms with Crippen molar-refractivity contribution in [3.05, 3.63) is 34.3 Å². The molecular formula is C13H20ClN. The van der Waals surface area contributed by atoms with Crippen LogP contribution in [-0.2, 0) is 0 Å². The van der Waals surface area contributed by atoms with Crippen LogP contribution in [0.5, 0.6) is 0 Å². The van der Waals surface area contributed by atoms with E-state index in [9.17, 15) is 0 Å². The maximum atomic E-state index is 6.31. The average Bonchev–Trinajstić information content (AvgIpc) is 2.25. The Morgan fingerprint density at radius 1 is 1.33 bits per heavy atom. The first-order valence-electron chi connectivity index (χ1n) is 5.69. The summed E-state index contributed by atoms with van der Waals surface area (Å²) in [5.41, 5.74) is 2.39. The quantitative estimate of drug-likeness (QED) is 0.796. The van der Waals surface area contributed by atoms with Gasteiger partial charge in [-0.05, 0) is 37.4 Å². The monoisotopic (exact) mass is 225 g/mol. The van der Waals surface area contributed by atoms with E-state index in [0.29, 0.717) is 6.04 Å². The number of hydrogen-bond acceptors (Lipinski definition) is 1. The number of nitrogens with one attached hydrogen (secondary N) is 1. The predicted molar refractivity (Wildman–Crippen MR) is 67.5 cm³/mol. The second-order valence-corrected chi connectivity index (χ2v) is 4.27. The van der Waals surface area contributed by atoms with E-state index in [1.807, 2.05) is 0 Å². The van der Waals surface area contributed by atoms with E-state index in [-0.39, 0.29) is 0 Å². The lowest BCUT2D eigenvalue weighted by molar-refractivity contribution is 0.518. The molecule has 0 bridgehead atoms. The van der Waals surface area contributed by atoms with Gasteiger partial charge in [0.15, 0.2) is 0 Å². The molecule has 1 aromatic carbocycles. The molecule has 0 saturated heterocycles. The molecule has 0 radical (unpaired) electrons. The van der Waals surface area contributed by atoms with Crippen molar-refractivity contribution in [2.75, 3.05) is 6.54 Å². The normalized spacial score (nSPS) is 12.8. The molecule has 0 aliphatic heterocycles. The zero-order valence-electron chi connectivity index (χ0n) is 9.81. The molecule has 1 unspecified atom stereocenters. The van der Waals surface area contributed by atoms with Crippen LogP contribution in [0.25, 0.3) is 0 Å². The Morgan fingerprint density at radius 3 is 2.67 bits per heavy atom. The summed E-state index contributed by atoms with van der Waals surface area (Å²) in [5.74, 6) is 0. The summed E-state index contributed by atoms with van der Waals surface area (Å²) in [5, 5.41) is 4.43. The van der Waals surface area contributed by atoms with Crippen molar-refractivity contribution in [3.63, 3.8) is 0 Å². The zero-order chi connectivity index (χ0) is 11.3. The number of benzene rings is 1. The minimum atomic E-state index is 0.386. The van der Waals surface area contributed by atoms with E-state index in [0.717, 1.165) is 30.0 Å². The van der Waals surface area contributed by atoms with Crippen LogP contribution in [0.3, 0.4) is 0 Å². The van der Waals surface area contributed by atoms with Gasteiger partial charge in [0.2, 0.25) is 0 Å². The van der Waals surface area contributed by atoms with Gasteiger partial charge in [0.25, 0.3) is 0 Å². The summed E-state index contributed by atoms with van der Waals surface area (Å²) < 4.78 is 0. The lowest BCUT2D eigenvalue weighted by atomic mass is 10.0. The van der Waals surface area contributed by atoms with Crippen molar-refractivity contribution in [1.29, 1.82) is 0 Å². The third-order valence-corrected chi connectivity index (χ3v) is 3.16. The van der Waals surface area contributed by atoms with Crippen LogP contribution in [0, 0.1) is 6.92 Å². The van der Waals surface area contributed by atoms with Gasteiger partial charge >= 0.3 is 0 Å². The van der Waals surface area contributed by atoms with Crippen LogP contribution in [0.4, 0.5) is 0 Å². The number of hydrogen-bond donors (Lipinski definition) is 1. The smallest absolute Gasteiger partial charge is 0.0482 e. The molecule has 1 N–H and O–H groups in total. The Labute approximate surface area is 97.8 Å². The van der Waals surface area contributed by atoms with E-state index in [1.165, 1.54) is 5.56 Å². The lowest BCUT2D eigenvalue weighted by Gasteiger charge is -2.19. The van der Waals surface area contributed by atoms with E-state index in [4.69, 9.17) is 11.6 Å². The second kappa shape index (κ2) is 6.14. The summed E-state index contributed by atoms with van der Waals surface area (Å²) in [7, 11) is 0. The molecule has 0 saturated carbocycles. The van der Waals surface area contributed by atoms with Gasteiger partial charge in [0.1, 0.15) is 0 Å². The summed E-state index contributed by atoms with van der Waals surface area (Å²) >= 11 is 6.31. The molecule has 1 nitrogen and oxygen atoms in total. The highest BCUT2D eigenvalue weighted by molar-refractivity contribution is 6.32. The van der Waals surface area contributed by atoms with Crippen molar-refractivity contribution in [2.24, 2.45) is 0 Å². The largest absolute Gasteiger partial charge is 0.310 e. The van der Waals surface area contributed by atoms with Crippen LogP contribution < -0.4 is 5.32 Å². The Hall–Kier alpha value is -0.530. The van der Waals surface area contributed by atoms with Gasteiger partial charge in [-0.2, -0.15) is 0 Å². The molecule has 1 rings (SSSR count). The molecule has 84 valence electrons. The molecule has 1 aromatic rings. The molecule has 0 fully saturated rings. The predicted octanol–water partition coefficient (Wildman–Crippen LogP) is 4.10. The van der Waals surface area contributed by atoms with Gasteiger partial charge in [0.05, 0.1) is 0 Å². The van der Waals surface area contributed by atoms with E-state index in [2.05, 4.69) is 44.3 Å². The van der Waals surface area contributed by atoms with Crippen LogP contribution >= 0.6 is 11.6 Å². The number of rotatable bonds is 5. The zero-order valence-corrected chi connectivity index (χ0v) is 10.6. The third kappa shape index (κ3) is 3.22. The molecule has 0 amide bonds. The van der Waals surface area contributed by atoms with Crippen molar-refractivity contribution >= 4 is 11.6 Å². The molecule has 1 atom stereocenters. The minimum Gasteiger partial charge on any atom is -0.310 e. The van der Waals surface area contributed by atoms with Crippen molar-refractivity contribution in [3.8, 4) is 0 Å². The maximum Gasteiger partial charge on any atom is 0.0482 e. The number of aryl methyl sites for hydroxylation is 1. The van der Waals surface area contributed by atoms with Gasteiger partial charge in [0, 0.05) is 11.1 Å². The van der Waals surface area contributed by atoms with Gasteiger partial charge in [-0.3, -0.25) is 0 Å². The molecular weight excluding hydrogens is 206 g/mol. The molecule has 0 aliphatic rings. The Balaban J connectivity index is 2.86. The molecule has 2 heteroatoms. The summed E-state index contributed by atoms with van der Waals surface area (Å²) in [4.78, 5) is 0. The van der Waals surface area contributed by atoms with Crippen molar-refractivity contribution in [2.45, 2.75) is 39.7 Å². The van der Waals surface area contributed by atoms with Crippen LogP contribution in [-0.4, -0.2) is 6.54 Å². The first-order chi connectivity index (χ1) is 7.20. The summed E-state index contributed by atoms with van der Waals surface area (Å²) in [6, 6.07) is 6.63. The topological polar surface area (TPSA) is 12.0 Å². The van der Waals surface area contributed by atoms with Crippen LogP contribution in [0.15, 0.2) is 18.2 Å². The Kier molecular flexibility index (Phi) is 5.13. The SMILES string of the molecule is CCCNC(CC)c1cccc(C)c1Cl. The van der Waals surface area contributed by atoms with Gasteiger partial charge < -0.3 is 5.32 Å². The lowest BCUT2D eigenvalue weighted by Crippen LogP contribution is -2.21. The Bertz CT molecular complexity index is 309. The molecule has 0 aromatic heterocycles. The van der Waals surface area contributed by atoms with E-state index in [1.54, 1.807) is 0 Å². The number of halogens is 1. The minimum absolute atomic E-state index is 0.386. The fourth-order valence-corrected chi connectivity index (χ4v) is 1.99. The average molecular weight is 226 g/mol. The fraction of sp³-hybridized carbons (Fsp3) is 0.538. The first-order valence-corrected chi connectivity index (χ1v) is 6.06. The first kappa shape index (κ1) is 12.5. The molecule has 15 heavy (non-hydrogen) atoms. The van der Waals surface area contributed by atoms with E-state index >= 15 is 0 Å². The molecule has 0 heterocycles. The summed E-state index contributed by atoms with van der Waals surface area (Å²) in [6.45, 7) is 7.46. The van der Waals surface area contributed by atoms with Crippen molar-refractivity contribution < 1.29 is 0 Å². The highest BCUT2D eigenvalue weighted by Gasteiger charge is 2.12. The fourth-order valence-electron chi connectivity index (χ4n) is 1.73. The standard InChI is InChI=1S/C13H20ClN/c1-4-9-15-12(5-2)11-8-6-7-10(3)13(11)14/h6-8,12,15H,4-5,9H2,1-3H3. The highest BCUT2D eigenvalue weighted by Crippen LogP contribution is 2.27. The second-order valence-electron chi connectivity index (χ2n) is 3.89. The van der Waals surface area contributed by atoms with Gasteiger partial charge in [-0.25, -0.2) is 0 Å². The van der Waals surface area contributed by atoms with Gasteiger partial charge in [-0.15, -0.1) is 0 Å².